The highest BCUT2D eigenvalue weighted by Crippen LogP contribution is 2.33. The van der Waals surface area contributed by atoms with E-state index in [-0.39, 0.29) is 12.4 Å². The number of hydrogen-bond donors (Lipinski definition) is 2. The lowest BCUT2D eigenvalue weighted by molar-refractivity contribution is 0.187. The largest absolute Gasteiger partial charge is 0.453 e. The van der Waals surface area contributed by atoms with Crippen molar-refractivity contribution in [3.8, 4) is 0 Å². The highest BCUT2D eigenvalue weighted by Gasteiger charge is 2.09. The molecule has 0 unspecified atom stereocenters. The van der Waals surface area contributed by atoms with Crippen LogP contribution in [0.2, 0.25) is 0 Å². The number of carbonyl (C=O) groups excluding carboxylic acids is 1. The van der Waals surface area contributed by atoms with Crippen molar-refractivity contribution in [2.75, 3.05) is 17.7 Å². The number of amides is 1. The summed E-state index contributed by atoms with van der Waals surface area (Å²) in [4.78, 5) is 16.0. The van der Waals surface area contributed by atoms with Gasteiger partial charge in [0.1, 0.15) is 0 Å². The monoisotopic (exact) mass is 379 g/mol. The summed E-state index contributed by atoms with van der Waals surface area (Å²) in [6.45, 7) is 0. The van der Waals surface area contributed by atoms with E-state index >= 15 is 0 Å². The highest BCUT2D eigenvalue weighted by atomic mass is 35.5. The van der Waals surface area contributed by atoms with Crippen LogP contribution < -0.4 is 10.6 Å². The lowest BCUT2D eigenvalue weighted by atomic mass is 10.1. The number of anilines is 3. The highest BCUT2D eigenvalue weighted by molar-refractivity contribution is 6.08. The van der Waals surface area contributed by atoms with Crippen molar-refractivity contribution in [1.29, 1.82) is 0 Å². The van der Waals surface area contributed by atoms with Gasteiger partial charge in [0.2, 0.25) is 0 Å². The van der Waals surface area contributed by atoms with Crippen LogP contribution in [0.15, 0.2) is 72.8 Å². The van der Waals surface area contributed by atoms with Gasteiger partial charge in [-0.2, -0.15) is 0 Å². The molecule has 3 aromatic carbocycles. The first kappa shape index (κ1) is 18.5. The number of benzene rings is 3. The van der Waals surface area contributed by atoms with Crippen LogP contribution in [0, 0.1) is 0 Å². The molecule has 0 aliphatic heterocycles. The van der Waals surface area contributed by atoms with Gasteiger partial charge in [-0.15, -0.1) is 12.4 Å². The zero-order valence-corrected chi connectivity index (χ0v) is 15.4. The molecule has 0 atom stereocenters. The van der Waals surface area contributed by atoms with Crippen LogP contribution in [-0.2, 0) is 4.74 Å². The fraction of sp³-hybridized carbons (Fsp3) is 0.0476. The number of rotatable bonds is 3. The molecule has 1 heterocycles. The van der Waals surface area contributed by atoms with Crippen LogP contribution in [-0.4, -0.2) is 18.2 Å². The van der Waals surface area contributed by atoms with Crippen molar-refractivity contribution < 1.29 is 9.53 Å². The number of carbonyl (C=O) groups is 1. The average Bonchev–Trinajstić information content (AvgIpc) is 2.69. The van der Waals surface area contributed by atoms with Crippen LogP contribution in [0.5, 0.6) is 0 Å². The molecule has 0 bridgehead atoms. The Morgan fingerprint density at radius 3 is 1.89 bits per heavy atom. The number of para-hydroxylation sites is 2. The Morgan fingerprint density at radius 2 is 1.33 bits per heavy atom. The molecule has 27 heavy (non-hydrogen) atoms. The van der Waals surface area contributed by atoms with E-state index in [0.717, 1.165) is 33.2 Å². The Bertz CT molecular complexity index is 1040. The van der Waals surface area contributed by atoms with Gasteiger partial charge < -0.3 is 10.1 Å². The van der Waals surface area contributed by atoms with E-state index in [9.17, 15) is 4.79 Å². The molecule has 2 N–H and O–H groups in total. The van der Waals surface area contributed by atoms with Gasteiger partial charge in [0.05, 0.1) is 23.8 Å². The SMILES string of the molecule is COC(=O)Nc1ccc(Nc2c3ccccc3nc3ccccc23)cc1.Cl. The summed E-state index contributed by atoms with van der Waals surface area (Å²) in [5.74, 6) is 0. The van der Waals surface area contributed by atoms with Gasteiger partial charge in [-0.1, -0.05) is 36.4 Å². The summed E-state index contributed by atoms with van der Waals surface area (Å²) < 4.78 is 4.60. The number of halogens is 1. The Morgan fingerprint density at radius 1 is 0.815 bits per heavy atom. The third-order valence-corrected chi connectivity index (χ3v) is 4.17. The zero-order valence-electron chi connectivity index (χ0n) is 14.6. The van der Waals surface area contributed by atoms with Crippen molar-refractivity contribution in [2.24, 2.45) is 0 Å². The third-order valence-electron chi connectivity index (χ3n) is 4.17. The Balaban J connectivity index is 0.00000210. The van der Waals surface area contributed by atoms with Crippen LogP contribution in [0.4, 0.5) is 21.9 Å². The zero-order chi connectivity index (χ0) is 17.9. The molecular weight excluding hydrogens is 362 g/mol. The van der Waals surface area contributed by atoms with Gasteiger partial charge in [-0.05, 0) is 36.4 Å². The molecule has 0 saturated heterocycles. The molecule has 6 heteroatoms. The predicted molar refractivity (Wildman–Crippen MR) is 112 cm³/mol. The first-order chi connectivity index (χ1) is 12.7. The number of aromatic nitrogens is 1. The summed E-state index contributed by atoms with van der Waals surface area (Å²) in [6, 6.07) is 23.6. The van der Waals surface area contributed by atoms with E-state index in [1.54, 1.807) is 0 Å². The number of hydrogen-bond acceptors (Lipinski definition) is 4. The molecule has 1 amide bonds. The number of nitrogens with zero attached hydrogens (tertiary/aromatic N) is 1. The summed E-state index contributed by atoms with van der Waals surface area (Å²) in [6.07, 6.45) is -0.489. The van der Waals surface area contributed by atoms with Gasteiger partial charge >= 0.3 is 6.09 Å². The number of nitrogens with one attached hydrogen (secondary N) is 2. The molecule has 1 aromatic heterocycles. The molecule has 4 rings (SSSR count). The first-order valence-corrected chi connectivity index (χ1v) is 8.24. The second-order valence-electron chi connectivity index (χ2n) is 5.84. The Hall–Kier alpha value is -3.31. The molecule has 0 fully saturated rings. The van der Waals surface area contributed by atoms with E-state index in [0.29, 0.717) is 5.69 Å². The van der Waals surface area contributed by atoms with Gasteiger partial charge in [-0.25, -0.2) is 9.78 Å². The van der Waals surface area contributed by atoms with Crippen LogP contribution in [0.3, 0.4) is 0 Å². The fourth-order valence-corrected chi connectivity index (χ4v) is 2.92. The minimum Gasteiger partial charge on any atom is -0.453 e. The van der Waals surface area contributed by atoms with Crippen molar-refractivity contribution in [3.05, 3.63) is 72.8 Å². The number of pyridine rings is 1. The molecule has 5 nitrogen and oxygen atoms in total. The van der Waals surface area contributed by atoms with Crippen LogP contribution in [0.25, 0.3) is 21.8 Å². The summed E-state index contributed by atoms with van der Waals surface area (Å²) in [5, 5.41) is 8.26. The molecule has 0 aliphatic carbocycles. The molecule has 136 valence electrons. The number of methoxy groups -OCH3 is 1. The van der Waals surface area contributed by atoms with Gasteiger partial charge in [0, 0.05) is 22.1 Å². The maximum absolute atomic E-state index is 11.3. The van der Waals surface area contributed by atoms with Gasteiger partial charge in [-0.3, -0.25) is 5.32 Å². The molecule has 0 saturated carbocycles. The van der Waals surface area contributed by atoms with Crippen LogP contribution >= 0.6 is 12.4 Å². The second-order valence-corrected chi connectivity index (χ2v) is 5.84. The fourth-order valence-electron chi connectivity index (χ4n) is 2.92. The van der Waals surface area contributed by atoms with Gasteiger partial charge in [0.15, 0.2) is 0 Å². The van der Waals surface area contributed by atoms with Gasteiger partial charge in [0.25, 0.3) is 0 Å². The smallest absolute Gasteiger partial charge is 0.411 e. The quantitative estimate of drug-likeness (QED) is 0.446. The molecule has 0 spiro atoms. The summed E-state index contributed by atoms with van der Waals surface area (Å²) in [5.41, 5.74) is 4.49. The second kappa shape index (κ2) is 7.93. The number of ether oxygens (including phenoxy) is 1. The predicted octanol–water partition coefficient (Wildman–Crippen LogP) is 5.73. The standard InChI is InChI=1S/C21H17N3O2.ClH/c1-26-21(25)23-15-12-10-14(11-13-15)22-20-16-6-2-4-8-18(16)24-19-9-5-3-7-17(19)20;/h2-13H,1H3,(H,22,24)(H,23,25);1H. The van der Waals surface area contributed by atoms with E-state index in [2.05, 4.69) is 27.5 Å². The van der Waals surface area contributed by atoms with Crippen LogP contribution in [0.1, 0.15) is 0 Å². The molecular formula is C21H18ClN3O2. The van der Waals surface area contributed by atoms with E-state index in [4.69, 9.17) is 4.98 Å². The Labute approximate surface area is 162 Å². The average molecular weight is 380 g/mol. The summed E-state index contributed by atoms with van der Waals surface area (Å²) in [7, 11) is 1.34. The molecule has 0 radical (unpaired) electrons. The van der Waals surface area contributed by atoms with E-state index in [1.807, 2.05) is 60.7 Å². The Kier molecular flexibility index (Phi) is 5.43. The first-order valence-electron chi connectivity index (χ1n) is 8.24. The van der Waals surface area contributed by atoms with Crippen molar-refractivity contribution in [3.63, 3.8) is 0 Å². The normalized spacial score (nSPS) is 10.3. The molecule has 4 aromatic rings. The van der Waals surface area contributed by atoms with Crippen molar-refractivity contribution in [1.82, 2.24) is 4.98 Å². The third kappa shape index (κ3) is 3.78. The summed E-state index contributed by atoms with van der Waals surface area (Å²) >= 11 is 0. The number of fused-ring (bicyclic) bond motifs is 2. The lowest BCUT2D eigenvalue weighted by Crippen LogP contribution is -2.10. The maximum Gasteiger partial charge on any atom is 0.411 e. The minimum atomic E-state index is -0.489. The topological polar surface area (TPSA) is 63.2 Å². The van der Waals surface area contributed by atoms with E-state index in [1.165, 1.54) is 7.11 Å². The minimum absolute atomic E-state index is 0. The maximum atomic E-state index is 11.3. The van der Waals surface area contributed by atoms with Crippen molar-refractivity contribution in [2.45, 2.75) is 0 Å². The lowest BCUT2D eigenvalue weighted by Gasteiger charge is -2.13. The van der Waals surface area contributed by atoms with Crippen molar-refractivity contribution >= 4 is 57.4 Å². The van der Waals surface area contributed by atoms with E-state index < -0.39 is 6.09 Å². The molecule has 0 aliphatic rings.